The summed E-state index contributed by atoms with van der Waals surface area (Å²) < 4.78 is 10.7. The molecule has 1 heterocycles. The quantitative estimate of drug-likeness (QED) is 0.875. The number of benzene rings is 1. The highest BCUT2D eigenvalue weighted by molar-refractivity contribution is 5.92. The highest BCUT2D eigenvalue weighted by atomic mass is 16.5. The van der Waals surface area contributed by atoms with Crippen molar-refractivity contribution in [2.24, 2.45) is 0 Å². The van der Waals surface area contributed by atoms with E-state index in [1.165, 1.54) is 13.2 Å². The van der Waals surface area contributed by atoms with Gasteiger partial charge in [-0.1, -0.05) is 12.1 Å². The van der Waals surface area contributed by atoms with E-state index in [9.17, 15) is 4.79 Å². The van der Waals surface area contributed by atoms with Gasteiger partial charge in [-0.25, -0.2) is 4.79 Å². The van der Waals surface area contributed by atoms with Crippen molar-refractivity contribution in [3.05, 3.63) is 53.9 Å². The third-order valence-electron chi connectivity index (χ3n) is 2.76. The Bertz CT molecular complexity index is 584. The summed E-state index contributed by atoms with van der Waals surface area (Å²) in [6.45, 7) is 0.331. The number of hydrogen-bond donors (Lipinski definition) is 1. The first-order chi connectivity index (χ1) is 9.72. The van der Waals surface area contributed by atoms with Crippen LogP contribution in [0.3, 0.4) is 0 Å². The number of carbonyl (C=O) groups is 1. The number of aromatic carboxylic acids is 1. The molecule has 5 nitrogen and oxygen atoms in total. The third-order valence-corrected chi connectivity index (χ3v) is 2.76. The monoisotopic (exact) mass is 273 g/mol. The van der Waals surface area contributed by atoms with Crippen molar-refractivity contribution in [1.29, 1.82) is 0 Å². The summed E-state index contributed by atoms with van der Waals surface area (Å²) in [6, 6.07) is 10.4. The molecule has 0 fully saturated rings. The fourth-order valence-corrected chi connectivity index (χ4v) is 1.80. The van der Waals surface area contributed by atoms with Gasteiger partial charge in [-0.3, -0.25) is 4.98 Å². The minimum Gasteiger partial charge on any atom is -0.493 e. The molecule has 2 aromatic rings. The fraction of sp³-hybridized carbons (Fsp3) is 0.200. The zero-order valence-corrected chi connectivity index (χ0v) is 11.1. The molecule has 0 saturated heterocycles. The molecule has 1 N–H and O–H groups in total. The molecular formula is C15H15NO4. The fourth-order valence-electron chi connectivity index (χ4n) is 1.80. The van der Waals surface area contributed by atoms with Crippen LogP contribution in [-0.2, 0) is 6.42 Å². The normalized spacial score (nSPS) is 10.1. The van der Waals surface area contributed by atoms with Gasteiger partial charge in [0.2, 0.25) is 0 Å². The minimum atomic E-state index is -1.04. The number of pyridine rings is 1. The largest absolute Gasteiger partial charge is 0.493 e. The molecule has 1 aromatic heterocycles. The molecule has 0 aliphatic heterocycles. The Morgan fingerprint density at radius 1 is 1.25 bits per heavy atom. The van der Waals surface area contributed by atoms with Gasteiger partial charge in [0.15, 0.2) is 11.5 Å². The van der Waals surface area contributed by atoms with Crippen molar-refractivity contribution in [3.8, 4) is 11.5 Å². The van der Waals surface area contributed by atoms with Gasteiger partial charge in [-0.05, 0) is 24.3 Å². The zero-order chi connectivity index (χ0) is 14.4. The van der Waals surface area contributed by atoms with E-state index in [0.29, 0.717) is 18.8 Å². The van der Waals surface area contributed by atoms with Crippen LogP contribution < -0.4 is 9.47 Å². The van der Waals surface area contributed by atoms with Crippen LogP contribution in [0.1, 0.15) is 16.1 Å². The van der Waals surface area contributed by atoms with Gasteiger partial charge in [0.25, 0.3) is 0 Å². The second-order valence-corrected chi connectivity index (χ2v) is 4.06. The number of aromatic nitrogens is 1. The molecule has 104 valence electrons. The lowest BCUT2D eigenvalue weighted by atomic mass is 10.2. The highest BCUT2D eigenvalue weighted by Gasteiger charge is 2.16. The second-order valence-electron chi connectivity index (χ2n) is 4.06. The highest BCUT2D eigenvalue weighted by Crippen LogP contribution is 2.31. The first-order valence-corrected chi connectivity index (χ1v) is 6.15. The third kappa shape index (κ3) is 3.26. The molecule has 5 heteroatoms. The van der Waals surface area contributed by atoms with E-state index in [1.54, 1.807) is 18.3 Å². The minimum absolute atomic E-state index is 0.0883. The standard InChI is InChI=1S/C15H15NO4/c1-19-13-7-4-6-12(15(17)18)14(13)20-10-8-11-5-2-3-9-16-11/h2-7,9H,8,10H2,1H3,(H,17,18). The summed E-state index contributed by atoms with van der Waals surface area (Å²) in [6.07, 6.45) is 2.30. The Kier molecular flexibility index (Phi) is 4.55. The van der Waals surface area contributed by atoms with Crippen LogP contribution in [0.2, 0.25) is 0 Å². The molecule has 2 rings (SSSR count). The topological polar surface area (TPSA) is 68.7 Å². The number of nitrogens with zero attached hydrogens (tertiary/aromatic N) is 1. The predicted molar refractivity (Wildman–Crippen MR) is 73.4 cm³/mol. The van der Waals surface area contributed by atoms with Crippen LogP contribution in [0, 0.1) is 0 Å². The summed E-state index contributed by atoms with van der Waals surface area (Å²) in [5.74, 6) is -0.388. The van der Waals surface area contributed by atoms with Crippen LogP contribution >= 0.6 is 0 Å². The number of carboxylic acids is 1. The smallest absolute Gasteiger partial charge is 0.339 e. The maximum absolute atomic E-state index is 11.2. The van der Waals surface area contributed by atoms with Crippen molar-refractivity contribution in [2.75, 3.05) is 13.7 Å². The molecule has 0 aliphatic carbocycles. The Morgan fingerprint density at radius 2 is 2.10 bits per heavy atom. The predicted octanol–water partition coefficient (Wildman–Crippen LogP) is 2.41. The maximum atomic E-state index is 11.2. The van der Waals surface area contributed by atoms with E-state index in [0.717, 1.165) is 5.69 Å². The van der Waals surface area contributed by atoms with E-state index < -0.39 is 5.97 Å². The number of para-hydroxylation sites is 1. The molecule has 0 radical (unpaired) electrons. The summed E-state index contributed by atoms with van der Waals surface area (Å²) in [5, 5.41) is 9.15. The number of methoxy groups -OCH3 is 1. The van der Waals surface area contributed by atoms with Gasteiger partial charge in [0.05, 0.1) is 13.7 Å². The van der Waals surface area contributed by atoms with Gasteiger partial charge in [-0.2, -0.15) is 0 Å². The Balaban J connectivity index is 2.10. The van der Waals surface area contributed by atoms with Crippen molar-refractivity contribution < 1.29 is 19.4 Å². The first kappa shape index (κ1) is 13.9. The van der Waals surface area contributed by atoms with Crippen LogP contribution in [-0.4, -0.2) is 29.8 Å². The van der Waals surface area contributed by atoms with Crippen molar-refractivity contribution in [3.63, 3.8) is 0 Å². The Hall–Kier alpha value is -2.56. The Labute approximate surface area is 116 Å². The zero-order valence-electron chi connectivity index (χ0n) is 11.1. The van der Waals surface area contributed by atoms with E-state index in [4.69, 9.17) is 14.6 Å². The molecule has 0 bridgehead atoms. The number of carboxylic acid groups (broad SMARTS) is 1. The first-order valence-electron chi connectivity index (χ1n) is 6.15. The average Bonchev–Trinajstić information content (AvgIpc) is 2.48. The molecule has 0 atom stereocenters. The molecule has 0 unspecified atom stereocenters. The average molecular weight is 273 g/mol. The van der Waals surface area contributed by atoms with Crippen molar-refractivity contribution >= 4 is 5.97 Å². The molecule has 0 saturated carbocycles. The lowest BCUT2D eigenvalue weighted by molar-refractivity contribution is 0.0691. The lowest BCUT2D eigenvalue weighted by Crippen LogP contribution is -2.08. The van der Waals surface area contributed by atoms with Crippen LogP contribution in [0.4, 0.5) is 0 Å². The molecule has 1 aromatic carbocycles. The van der Waals surface area contributed by atoms with Crippen LogP contribution in [0.5, 0.6) is 11.5 Å². The number of hydrogen-bond acceptors (Lipinski definition) is 4. The summed E-state index contributed by atoms with van der Waals surface area (Å²) in [4.78, 5) is 15.4. The molecule has 20 heavy (non-hydrogen) atoms. The molecule has 0 spiro atoms. The Morgan fingerprint density at radius 3 is 2.75 bits per heavy atom. The van der Waals surface area contributed by atoms with Crippen molar-refractivity contribution in [1.82, 2.24) is 4.98 Å². The molecule has 0 aliphatic rings. The summed E-state index contributed by atoms with van der Waals surface area (Å²) in [5.41, 5.74) is 0.977. The van der Waals surface area contributed by atoms with Gasteiger partial charge >= 0.3 is 5.97 Å². The van der Waals surface area contributed by atoms with Crippen LogP contribution in [0.25, 0.3) is 0 Å². The van der Waals surface area contributed by atoms with Crippen LogP contribution in [0.15, 0.2) is 42.6 Å². The molecule has 0 amide bonds. The van der Waals surface area contributed by atoms with Crippen molar-refractivity contribution in [2.45, 2.75) is 6.42 Å². The summed E-state index contributed by atoms with van der Waals surface area (Å²) in [7, 11) is 1.48. The summed E-state index contributed by atoms with van der Waals surface area (Å²) >= 11 is 0. The van der Waals surface area contributed by atoms with Gasteiger partial charge in [0.1, 0.15) is 5.56 Å². The molecular weight excluding hydrogens is 258 g/mol. The lowest BCUT2D eigenvalue weighted by Gasteiger charge is -2.12. The number of rotatable bonds is 6. The van der Waals surface area contributed by atoms with Gasteiger partial charge in [0, 0.05) is 18.3 Å². The van der Waals surface area contributed by atoms with Gasteiger partial charge < -0.3 is 14.6 Å². The van der Waals surface area contributed by atoms with E-state index in [-0.39, 0.29) is 11.3 Å². The van der Waals surface area contributed by atoms with Gasteiger partial charge in [-0.15, -0.1) is 0 Å². The van der Waals surface area contributed by atoms with E-state index in [2.05, 4.69) is 4.98 Å². The maximum Gasteiger partial charge on any atom is 0.339 e. The second kappa shape index (κ2) is 6.56. The van der Waals surface area contributed by atoms with E-state index >= 15 is 0 Å². The SMILES string of the molecule is COc1cccc(C(=O)O)c1OCCc1ccccn1. The number of ether oxygens (including phenoxy) is 2. The van der Waals surface area contributed by atoms with E-state index in [1.807, 2.05) is 18.2 Å².